The number of nitrogen functional groups attached to an aromatic ring is 2. The van der Waals surface area contributed by atoms with E-state index < -0.39 is 0 Å². The number of benzene rings is 2. The number of hydrogen-bond donors (Lipinski definition) is 2. The number of anilines is 2. The van der Waals surface area contributed by atoms with E-state index in [1.165, 1.54) is 64.1 Å². The minimum Gasteiger partial charge on any atom is -0.399 e. The van der Waals surface area contributed by atoms with Crippen molar-refractivity contribution in [2.75, 3.05) is 11.5 Å². The Balaban J connectivity index is 1.09. The van der Waals surface area contributed by atoms with Gasteiger partial charge in [0.1, 0.15) is 0 Å². The largest absolute Gasteiger partial charge is 0.399 e. The zero-order chi connectivity index (χ0) is 43.1. The van der Waals surface area contributed by atoms with Crippen molar-refractivity contribution in [1.82, 2.24) is 0 Å². The quantitative estimate of drug-likeness (QED) is 0.0812. The average Bonchev–Trinajstić information content (AvgIpc) is 4.11. The van der Waals surface area contributed by atoms with Crippen molar-refractivity contribution in [2.24, 2.45) is 20.0 Å². The molecule has 0 fully saturated rings. The second-order valence-corrected chi connectivity index (χ2v) is 22.0. The number of aliphatic imine (C=N–C) groups is 4. The minimum absolute atomic E-state index is 0.669. The first kappa shape index (κ1) is 42.4. The van der Waals surface area contributed by atoms with Gasteiger partial charge in [-0.3, -0.25) is 9.98 Å². The van der Waals surface area contributed by atoms with Crippen molar-refractivity contribution < 1.29 is 0 Å². The Bertz CT molecular complexity index is 2780. The van der Waals surface area contributed by atoms with Crippen molar-refractivity contribution in [3.8, 4) is 0 Å². The first-order chi connectivity index (χ1) is 29.9. The van der Waals surface area contributed by atoms with Crippen molar-refractivity contribution in [3.63, 3.8) is 0 Å². The van der Waals surface area contributed by atoms with E-state index in [2.05, 4.69) is 52.0 Å². The molecule has 0 saturated heterocycles. The normalized spacial score (nSPS) is 17.3. The maximum absolute atomic E-state index is 6.46. The number of rotatable bonds is 10. The van der Waals surface area contributed by atoms with Gasteiger partial charge < -0.3 is 11.5 Å². The van der Waals surface area contributed by atoms with Crippen LogP contribution in [-0.2, 0) is 0 Å². The van der Waals surface area contributed by atoms with E-state index in [1.807, 2.05) is 73.1 Å². The SMILES string of the molecule is Cc1sc(Cl)cc1C1=C(c2cc(C=NC3=CC(=Nc4ccc(N)cc4)C(N=Cc4cc(C5=C(c6cc(Cl)sc6C)CCC5)c(C)s4)=CC3=Nc3ccc(N)cc3)sc2C)CCC1. The van der Waals surface area contributed by atoms with Gasteiger partial charge in [-0.25, -0.2) is 9.98 Å². The molecule has 0 radical (unpaired) electrons. The second-order valence-electron chi connectivity index (χ2n) is 15.7. The predicted molar refractivity (Wildman–Crippen MR) is 275 cm³/mol. The summed E-state index contributed by atoms with van der Waals surface area (Å²) in [5, 5.41) is 0. The molecule has 6 nitrogen and oxygen atoms in total. The zero-order valence-corrected chi connectivity index (χ0v) is 39.6. The first-order valence-electron chi connectivity index (χ1n) is 20.5. The summed E-state index contributed by atoms with van der Waals surface area (Å²) >= 11 is 19.7. The third-order valence-corrected chi connectivity index (χ3v) is 15.7. The van der Waals surface area contributed by atoms with Crippen LogP contribution < -0.4 is 11.5 Å². The van der Waals surface area contributed by atoms with Crippen LogP contribution in [0, 0.1) is 27.7 Å². The van der Waals surface area contributed by atoms with Crippen molar-refractivity contribution in [3.05, 3.63) is 157 Å². The molecule has 0 spiro atoms. The molecular weight excluding hydrogens is 884 g/mol. The molecule has 0 aliphatic heterocycles. The van der Waals surface area contributed by atoms with Crippen LogP contribution in [0.2, 0.25) is 8.67 Å². The second kappa shape index (κ2) is 18.0. The highest BCUT2D eigenvalue weighted by Crippen LogP contribution is 2.47. The highest BCUT2D eigenvalue weighted by Gasteiger charge is 2.25. The molecule has 2 aromatic carbocycles. The van der Waals surface area contributed by atoms with Crippen LogP contribution in [0.5, 0.6) is 0 Å². The molecule has 6 aromatic rings. The summed E-state index contributed by atoms with van der Waals surface area (Å²) in [5.74, 6) is 0. The van der Waals surface area contributed by atoms with E-state index >= 15 is 0 Å². The Labute approximate surface area is 388 Å². The van der Waals surface area contributed by atoms with Gasteiger partial charge in [-0.15, -0.1) is 45.3 Å². The van der Waals surface area contributed by atoms with Gasteiger partial charge in [0.05, 0.1) is 42.9 Å². The summed E-state index contributed by atoms with van der Waals surface area (Å²) in [6.07, 6.45) is 14.3. The molecule has 3 aliphatic carbocycles. The highest BCUT2D eigenvalue weighted by molar-refractivity contribution is 7.17. The van der Waals surface area contributed by atoms with Crippen molar-refractivity contribution >= 4 is 137 Å². The molecule has 0 atom stereocenters. The molecule has 312 valence electrons. The number of nitrogens with zero attached hydrogens (tertiary/aromatic N) is 4. The summed E-state index contributed by atoms with van der Waals surface area (Å²) in [5.41, 5.74) is 28.5. The fraction of sp³-hybridized carbons (Fsp3) is 0.200. The van der Waals surface area contributed by atoms with Crippen LogP contribution in [0.4, 0.5) is 22.7 Å². The molecule has 4 N–H and O–H groups in total. The molecule has 4 aromatic heterocycles. The molecule has 0 unspecified atom stereocenters. The van der Waals surface area contributed by atoms with Gasteiger partial charge >= 0.3 is 0 Å². The third-order valence-electron chi connectivity index (χ3n) is 11.4. The molecule has 62 heavy (non-hydrogen) atoms. The summed E-state index contributed by atoms with van der Waals surface area (Å²) in [6, 6.07) is 23.9. The van der Waals surface area contributed by atoms with Gasteiger partial charge in [0, 0.05) is 53.1 Å². The Morgan fingerprint density at radius 3 is 1.16 bits per heavy atom. The van der Waals surface area contributed by atoms with Crippen LogP contribution in [-0.4, -0.2) is 23.9 Å². The van der Waals surface area contributed by atoms with Gasteiger partial charge in [-0.2, -0.15) is 0 Å². The van der Waals surface area contributed by atoms with E-state index in [1.54, 1.807) is 45.3 Å². The van der Waals surface area contributed by atoms with E-state index in [9.17, 15) is 0 Å². The number of aryl methyl sites for hydroxylation is 4. The Hall–Kier alpha value is -4.94. The van der Waals surface area contributed by atoms with Crippen LogP contribution in [0.15, 0.2) is 116 Å². The van der Waals surface area contributed by atoms with Gasteiger partial charge in [-0.05, 0) is 196 Å². The van der Waals surface area contributed by atoms with Gasteiger partial charge in [0.2, 0.25) is 0 Å². The molecule has 4 heterocycles. The van der Waals surface area contributed by atoms with E-state index in [4.69, 9.17) is 54.6 Å². The van der Waals surface area contributed by atoms with E-state index in [0.29, 0.717) is 34.2 Å². The molecule has 0 amide bonds. The molecule has 3 aliphatic rings. The number of allylic oxidation sites excluding steroid dienone is 6. The lowest BCUT2D eigenvalue weighted by atomic mass is 9.98. The van der Waals surface area contributed by atoms with Crippen LogP contribution in [0.3, 0.4) is 0 Å². The van der Waals surface area contributed by atoms with E-state index in [-0.39, 0.29) is 0 Å². The number of nitrogens with two attached hydrogens (primary N) is 2. The highest BCUT2D eigenvalue weighted by atomic mass is 35.5. The molecule has 9 rings (SSSR count). The third kappa shape index (κ3) is 9.09. The van der Waals surface area contributed by atoms with Crippen LogP contribution >= 0.6 is 68.5 Å². The Morgan fingerprint density at radius 2 is 0.823 bits per heavy atom. The zero-order valence-electron chi connectivity index (χ0n) is 34.8. The smallest absolute Gasteiger partial charge is 0.0937 e. The molecular formula is C50H44Cl2N6S4. The van der Waals surface area contributed by atoms with Crippen molar-refractivity contribution in [1.29, 1.82) is 0 Å². The summed E-state index contributed by atoms with van der Waals surface area (Å²) in [6.45, 7) is 8.74. The lowest BCUT2D eigenvalue weighted by molar-refractivity contribution is 0.941. The Kier molecular flexibility index (Phi) is 12.3. The lowest BCUT2D eigenvalue weighted by Gasteiger charge is -2.13. The first-order valence-corrected chi connectivity index (χ1v) is 24.6. The summed E-state index contributed by atoms with van der Waals surface area (Å²) in [4.78, 5) is 27.7. The molecule has 12 heteroatoms. The van der Waals surface area contributed by atoms with E-state index in [0.717, 1.165) is 68.3 Å². The number of thiophene rings is 4. The number of hydrogen-bond acceptors (Lipinski definition) is 10. The molecule has 0 bridgehead atoms. The molecule has 0 saturated carbocycles. The topological polar surface area (TPSA) is 101 Å². The summed E-state index contributed by atoms with van der Waals surface area (Å²) in [7, 11) is 0. The predicted octanol–water partition coefficient (Wildman–Crippen LogP) is 15.7. The van der Waals surface area contributed by atoms with Gasteiger partial charge in [-0.1, -0.05) is 23.2 Å². The fourth-order valence-corrected chi connectivity index (χ4v) is 12.8. The summed E-state index contributed by atoms with van der Waals surface area (Å²) < 4.78 is 1.67. The fourth-order valence-electron chi connectivity index (χ4n) is 8.49. The standard InChI is InChI=1S/C50H44Cl2N6S4/c1-27-41(37-7-5-9-39(37)43-21-49(51)61-29(43)3)19-35(59-27)25-55-45-23-48(58-34-17-13-32(54)14-18-34)46(24-47(45)57-33-15-11-31(53)12-16-33)56-26-36-20-42(28(2)60-36)38-8-6-10-40(38)44-22-50(52)62-30(44)4/h11-26H,5-10,53-54H2,1-4H3. The van der Waals surface area contributed by atoms with Gasteiger partial charge in [0.25, 0.3) is 0 Å². The van der Waals surface area contributed by atoms with Crippen LogP contribution in [0.25, 0.3) is 22.3 Å². The minimum atomic E-state index is 0.669. The number of halogens is 2. The monoisotopic (exact) mass is 926 g/mol. The lowest BCUT2D eigenvalue weighted by Crippen LogP contribution is -2.12. The van der Waals surface area contributed by atoms with Crippen LogP contribution in [0.1, 0.15) is 90.0 Å². The van der Waals surface area contributed by atoms with Gasteiger partial charge in [0.15, 0.2) is 0 Å². The van der Waals surface area contributed by atoms with Crippen molar-refractivity contribution in [2.45, 2.75) is 66.2 Å². The maximum Gasteiger partial charge on any atom is 0.0937 e. The maximum atomic E-state index is 6.46. The Morgan fingerprint density at radius 1 is 0.484 bits per heavy atom. The average molecular weight is 928 g/mol.